The highest BCUT2D eigenvalue weighted by molar-refractivity contribution is 5.83. The summed E-state index contributed by atoms with van der Waals surface area (Å²) in [4.78, 5) is 11.7. The number of nitrogens with one attached hydrogen (secondary N) is 1. The van der Waals surface area contributed by atoms with Crippen molar-refractivity contribution in [3.63, 3.8) is 0 Å². The van der Waals surface area contributed by atoms with Crippen LogP contribution in [0.1, 0.15) is 11.1 Å². The second-order valence-corrected chi connectivity index (χ2v) is 4.23. The van der Waals surface area contributed by atoms with E-state index in [0.717, 1.165) is 16.9 Å². The number of amides is 1. The van der Waals surface area contributed by atoms with Crippen LogP contribution in [0.5, 0.6) is 5.75 Å². The van der Waals surface area contributed by atoms with Gasteiger partial charge in [0.05, 0.1) is 19.7 Å². The monoisotopic (exact) mass is 268 g/mol. The van der Waals surface area contributed by atoms with Crippen LogP contribution in [0.4, 0.5) is 0 Å². The third-order valence-corrected chi connectivity index (χ3v) is 2.73. The van der Waals surface area contributed by atoms with Crippen molar-refractivity contribution in [3.8, 4) is 5.75 Å². The van der Waals surface area contributed by atoms with E-state index in [0.29, 0.717) is 6.42 Å². The number of nitrogens with zero attached hydrogens (tertiary/aromatic N) is 1. The van der Waals surface area contributed by atoms with Crippen LogP contribution in [0.3, 0.4) is 0 Å². The topological polar surface area (TPSA) is 50.7 Å². The molecule has 1 amide bonds. The van der Waals surface area contributed by atoms with Crippen LogP contribution in [0.2, 0.25) is 0 Å². The normalized spacial score (nSPS) is 10.4. The minimum Gasteiger partial charge on any atom is -0.497 e. The minimum absolute atomic E-state index is 0.138. The summed E-state index contributed by atoms with van der Waals surface area (Å²) in [6.45, 7) is 0. The van der Waals surface area contributed by atoms with Gasteiger partial charge in [-0.15, -0.1) is 0 Å². The molecule has 4 heteroatoms. The highest BCUT2D eigenvalue weighted by atomic mass is 16.5. The Kier molecular flexibility index (Phi) is 4.89. The first-order chi connectivity index (χ1) is 9.78. The molecule has 0 unspecified atom stereocenters. The minimum atomic E-state index is -0.138. The Bertz CT molecular complexity index is 577. The summed E-state index contributed by atoms with van der Waals surface area (Å²) in [7, 11) is 1.62. The highest BCUT2D eigenvalue weighted by Gasteiger charge is 2.00. The second kappa shape index (κ2) is 7.09. The molecule has 4 nitrogen and oxygen atoms in total. The van der Waals surface area contributed by atoms with Crippen molar-refractivity contribution in [3.05, 3.63) is 65.7 Å². The molecule has 0 aliphatic heterocycles. The molecule has 20 heavy (non-hydrogen) atoms. The van der Waals surface area contributed by atoms with Crippen molar-refractivity contribution >= 4 is 12.1 Å². The molecule has 1 N–H and O–H groups in total. The summed E-state index contributed by atoms with van der Waals surface area (Å²) in [5.41, 5.74) is 4.36. The van der Waals surface area contributed by atoms with E-state index < -0.39 is 0 Å². The number of methoxy groups -OCH3 is 1. The van der Waals surface area contributed by atoms with Gasteiger partial charge in [-0.05, 0) is 35.4 Å². The lowest BCUT2D eigenvalue weighted by molar-refractivity contribution is -0.120. The average Bonchev–Trinajstić information content (AvgIpc) is 2.49. The van der Waals surface area contributed by atoms with Crippen molar-refractivity contribution in [1.82, 2.24) is 5.43 Å². The number of hydrogen-bond donors (Lipinski definition) is 1. The molecule has 0 spiro atoms. The molecule has 0 saturated heterocycles. The SMILES string of the molecule is COc1ccc(/C=N/NC(=O)Cc2ccccc2)cc1. The zero-order valence-corrected chi connectivity index (χ0v) is 11.2. The first kappa shape index (κ1) is 13.8. The summed E-state index contributed by atoms with van der Waals surface area (Å²) in [5, 5.41) is 3.93. The van der Waals surface area contributed by atoms with Gasteiger partial charge in [-0.25, -0.2) is 5.43 Å². The Morgan fingerprint density at radius 1 is 1.15 bits per heavy atom. The lowest BCUT2D eigenvalue weighted by Crippen LogP contribution is -2.19. The van der Waals surface area contributed by atoms with Crippen LogP contribution in [0.25, 0.3) is 0 Å². The molecule has 0 bridgehead atoms. The fourth-order valence-corrected chi connectivity index (χ4v) is 1.69. The van der Waals surface area contributed by atoms with Crippen molar-refractivity contribution in [2.24, 2.45) is 5.10 Å². The molecule has 0 aliphatic rings. The van der Waals surface area contributed by atoms with Gasteiger partial charge >= 0.3 is 0 Å². The first-order valence-corrected chi connectivity index (χ1v) is 6.28. The first-order valence-electron chi connectivity index (χ1n) is 6.28. The predicted molar refractivity (Wildman–Crippen MR) is 78.9 cm³/mol. The number of hydrazone groups is 1. The molecule has 0 radical (unpaired) electrons. The van der Waals surface area contributed by atoms with Crippen LogP contribution in [-0.4, -0.2) is 19.2 Å². The number of carbonyl (C=O) groups excluding carboxylic acids is 1. The van der Waals surface area contributed by atoms with Gasteiger partial charge in [0.15, 0.2) is 0 Å². The van der Waals surface area contributed by atoms with Crippen molar-refractivity contribution in [2.75, 3.05) is 7.11 Å². The summed E-state index contributed by atoms with van der Waals surface area (Å²) in [6, 6.07) is 17.0. The zero-order chi connectivity index (χ0) is 14.2. The molecule has 0 atom stereocenters. The maximum Gasteiger partial charge on any atom is 0.244 e. The molecule has 2 aromatic carbocycles. The van der Waals surface area contributed by atoms with Gasteiger partial charge in [-0.2, -0.15) is 5.10 Å². The molecule has 0 saturated carbocycles. The van der Waals surface area contributed by atoms with Gasteiger partial charge in [0, 0.05) is 0 Å². The summed E-state index contributed by atoms with van der Waals surface area (Å²) < 4.78 is 5.06. The molecule has 0 aromatic heterocycles. The fraction of sp³-hybridized carbons (Fsp3) is 0.125. The molecule has 0 aliphatic carbocycles. The van der Waals surface area contributed by atoms with E-state index in [2.05, 4.69) is 10.5 Å². The second-order valence-electron chi connectivity index (χ2n) is 4.23. The van der Waals surface area contributed by atoms with Gasteiger partial charge in [0.2, 0.25) is 5.91 Å². The number of hydrogen-bond acceptors (Lipinski definition) is 3. The Morgan fingerprint density at radius 2 is 1.85 bits per heavy atom. The maximum atomic E-state index is 11.7. The van der Waals surface area contributed by atoms with E-state index in [9.17, 15) is 4.79 Å². The van der Waals surface area contributed by atoms with Crippen LogP contribution in [0, 0.1) is 0 Å². The molecule has 2 rings (SSSR count). The quantitative estimate of drug-likeness (QED) is 0.668. The third-order valence-electron chi connectivity index (χ3n) is 2.73. The number of ether oxygens (including phenoxy) is 1. The summed E-state index contributed by atoms with van der Waals surface area (Å²) in [6.07, 6.45) is 1.92. The Hall–Kier alpha value is -2.62. The van der Waals surface area contributed by atoms with Crippen LogP contribution >= 0.6 is 0 Å². The number of benzene rings is 2. The summed E-state index contributed by atoms with van der Waals surface area (Å²) >= 11 is 0. The van der Waals surface area contributed by atoms with Crippen molar-refractivity contribution in [2.45, 2.75) is 6.42 Å². The third kappa shape index (κ3) is 4.24. The van der Waals surface area contributed by atoms with Crippen LogP contribution < -0.4 is 10.2 Å². The number of carbonyl (C=O) groups is 1. The van der Waals surface area contributed by atoms with Crippen LogP contribution in [-0.2, 0) is 11.2 Å². The standard InChI is InChI=1S/C16H16N2O2/c1-20-15-9-7-14(8-10-15)12-17-18-16(19)11-13-5-3-2-4-6-13/h2-10,12H,11H2,1H3,(H,18,19)/b17-12+. The van der Waals surface area contributed by atoms with E-state index in [4.69, 9.17) is 4.74 Å². The lowest BCUT2D eigenvalue weighted by atomic mass is 10.1. The van der Waals surface area contributed by atoms with E-state index >= 15 is 0 Å². The molecular weight excluding hydrogens is 252 g/mol. The van der Waals surface area contributed by atoms with Gasteiger partial charge in [0.25, 0.3) is 0 Å². The van der Waals surface area contributed by atoms with Crippen molar-refractivity contribution in [1.29, 1.82) is 0 Å². The van der Waals surface area contributed by atoms with Gasteiger partial charge < -0.3 is 4.74 Å². The highest BCUT2D eigenvalue weighted by Crippen LogP contribution is 2.09. The van der Waals surface area contributed by atoms with E-state index in [1.54, 1.807) is 13.3 Å². The molecule has 102 valence electrons. The van der Waals surface area contributed by atoms with Gasteiger partial charge in [-0.1, -0.05) is 30.3 Å². The van der Waals surface area contributed by atoms with E-state index in [1.165, 1.54) is 0 Å². The Balaban J connectivity index is 1.84. The van der Waals surface area contributed by atoms with Gasteiger partial charge in [-0.3, -0.25) is 4.79 Å². The zero-order valence-electron chi connectivity index (χ0n) is 11.2. The Labute approximate surface area is 118 Å². The lowest BCUT2D eigenvalue weighted by Gasteiger charge is -2.00. The average molecular weight is 268 g/mol. The maximum absolute atomic E-state index is 11.7. The van der Waals surface area contributed by atoms with E-state index in [1.807, 2.05) is 54.6 Å². The largest absolute Gasteiger partial charge is 0.497 e. The molecule has 0 fully saturated rings. The fourth-order valence-electron chi connectivity index (χ4n) is 1.69. The Morgan fingerprint density at radius 3 is 2.50 bits per heavy atom. The number of rotatable bonds is 5. The molecule has 2 aromatic rings. The van der Waals surface area contributed by atoms with E-state index in [-0.39, 0.29) is 5.91 Å². The smallest absolute Gasteiger partial charge is 0.244 e. The molecule has 0 heterocycles. The summed E-state index contributed by atoms with van der Waals surface area (Å²) in [5.74, 6) is 0.649. The van der Waals surface area contributed by atoms with Gasteiger partial charge in [0.1, 0.15) is 5.75 Å². The van der Waals surface area contributed by atoms with Crippen molar-refractivity contribution < 1.29 is 9.53 Å². The molecular formula is C16H16N2O2. The predicted octanol–water partition coefficient (Wildman–Crippen LogP) is 2.39. The van der Waals surface area contributed by atoms with Crippen LogP contribution in [0.15, 0.2) is 59.7 Å².